The number of thiocarbonyl (C=S) groups is 1. The maximum atomic E-state index is 13.4. The second kappa shape index (κ2) is 6.33. The highest BCUT2D eigenvalue weighted by atomic mass is 32.1. The predicted octanol–water partition coefficient (Wildman–Crippen LogP) is 3.55. The Balaban J connectivity index is 2.15. The number of halogens is 3. The zero-order chi connectivity index (χ0) is 18.4. The first-order valence-electron chi connectivity index (χ1n) is 7.80. The van der Waals surface area contributed by atoms with E-state index in [4.69, 9.17) is 17.0 Å². The number of rotatable bonds is 3. The van der Waals surface area contributed by atoms with Crippen LogP contribution in [0.4, 0.5) is 13.2 Å². The van der Waals surface area contributed by atoms with Gasteiger partial charge in [0.1, 0.15) is 0 Å². The summed E-state index contributed by atoms with van der Waals surface area (Å²) in [5.74, 6) is -0.667. The van der Waals surface area contributed by atoms with Crippen molar-refractivity contribution in [3.63, 3.8) is 0 Å². The molecule has 1 aromatic carbocycles. The number of hydrogen-bond donors (Lipinski definition) is 1. The minimum atomic E-state index is -4.54. The number of alkyl halides is 3. The monoisotopic (exact) mass is 370 g/mol. The normalized spacial score (nSPS) is 21.2. The lowest BCUT2D eigenvalue weighted by Gasteiger charge is -2.38. The number of nitrogens with one attached hydrogen (secondary N) is 1. The van der Waals surface area contributed by atoms with Crippen LogP contribution in [0.25, 0.3) is 0 Å². The smallest absolute Gasteiger partial charge is 0.416 e. The Labute approximate surface area is 148 Å². The van der Waals surface area contributed by atoms with Crippen molar-refractivity contribution in [2.45, 2.75) is 38.0 Å². The van der Waals surface area contributed by atoms with E-state index in [0.29, 0.717) is 10.8 Å². The number of carbonyl (C=O) groups excluding carboxylic acids is 1. The van der Waals surface area contributed by atoms with Gasteiger partial charge in [-0.25, -0.2) is 4.79 Å². The van der Waals surface area contributed by atoms with E-state index in [2.05, 4.69) is 5.32 Å². The second-order valence-corrected chi connectivity index (χ2v) is 6.45. The number of methoxy groups -OCH3 is 1. The molecule has 1 aliphatic carbocycles. The number of ether oxygens (including phenoxy) is 1. The standard InChI is InChI=1S/C17H17F3N2O2S/c1-9-13(15(23)24-2)14(21-16(25)22(9)10-7-8-10)11-5-3-4-6-12(11)17(18,19)20/h3-6,10,14H,7-8H2,1-2H3,(H,21,25)/t14-/m0/s1. The third-order valence-corrected chi connectivity index (χ3v) is 4.74. The maximum Gasteiger partial charge on any atom is 0.416 e. The fraction of sp³-hybridized carbons (Fsp3) is 0.412. The number of hydrogen-bond acceptors (Lipinski definition) is 3. The van der Waals surface area contributed by atoms with Crippen molar-refractivity contribution < 1.29 is 22.7 Å². The van der Waals surface area contributed by atoms with Crippen molar-refractivity contribution in [2.24, 2.45) is 0 Å². The summed E-state index contributed by atoms with van der Waals surface area (Å²) in [5, 5.41) is 3.24. The lowest BCUT2D eigenvalue weighted by molar-refractivity contribution is -0.140. The molecule has 3 rings (SSSR count). The highest BCUT2D eigenvalue weighted by Gasteiger charge is 2.43. The van der Waals surface area contributed by atoms with Gasteiger partial charge in [-0.15, -0.1) is 0 Å². The Morgan fingerprint density at radius 3 is 2.52 bits per heavy atom. The molecule has 0 saturated heterocycles. The molecule has 1 heterocycles. The molecule has 1 saturated carbocycles. The van der Waals surface area contributed by atoms with E-state index < -0.39 is 23.8 Å². The van der Waals surface area contributed by atoms with Gasteiger partial charge in [-0.3, -0.25) is 0 Å². The van der Waals surface area contributed by atoms with Gasteiger partial charge in [0.05, 0.1) is 24.3 Å². The number of benzene rings is 1. The number of carbonyl (C=O) groups is 1. The second-order valence-electron chi connectivity index (χ2n) is 6.06. The SMILES string of the molecule is COC(=O)C1=C(C)N(C2CC2)C(=S)N[C@H]1c1ccccc1C(F)(F)F. The molecule has 25 heavy (non-hydrogen) atoms. The van der Waals surface area contributed by atoms with Gasteiger partial charge < -0.3 is 15.0 Å². The molecule has 0 bridgehead atoms. The molecule has 0 radical (unpaired) electrons. The third-order valence-electron chi connectivity index (χ3n) is 4.42. The first-order valence-corrected chi connectivity index (χ1v) is 8.21. The summed E-state index contributed by atoms with van der Waals surface area (Å²) in [6, 6.07) is 4.35. The topological polar surface area (TPSA) is 41.6 Å². The summed E-state index contributed by atoms with van der Waals surface area (Å²) in [4.78, 5) is 14.1. The lowest BCUT2D eigenvalue weighted by Crippen LogP contribution is -2.49. The van der Waals surface area contributed by atoms with Crippen LogP contribution in [0.5, 0.6) is 0 Å². The van der Waals surface area contributed by atoms with Crippen molar-refractivity contribution in [1.29, 1.82) is 0 Å². The Morgan fingerprint density at radius 1 is 1.32 bits per heavy atom. The number of allylic oxidation sites excluding steroid dienone is 1. The molecule has 1 aromatic rings. The molecular formula is C17H17F3N2O2S. The van der Waals surface area contributed by atoms with E-state index in [-0.39, 0.29) is 17.2 Å². The number of esters is 1. The summed E-state index contributed by atoms with van der Waals surface area (Å²) >= 11 is 5.36. The largest absolute Gasteiger partial charge is 0.466 e. The first kappa shape index (κ1) is 17.7. The van der Waals surface area contributed by atoms with Crippen LogP contribution in [-0.2, 0) is 15.7 Å². The Hall–Kier alpha value is -2.09. The predicted molar refractivity (Wildman–Crippen MR) is 89.5 cm³/mol. The van der Waals surface area contributed by atoms with E-state index in [0.717, 1.165) is 18.9 Å². The minimum Gasteiger partial charge on any atom is -0.466 e. The molecule has 134 valence electrons. The molecule has 0 unspecified atom stereocenters. The summed E-state index contributed by atoms with van der Waals surface area (Å²) in [6.07, 6.45) is -2.68. The summed E-state index contributed by atoms with van der Waals surface area (Å²) in [6.45, 7) is 1.70. The van der Waals surface area contributed by atoms with E-state index in [1.165, 1.54) is 25.3 Å². The zero-order valence-electron chi connectivity index (χ0n) is 13.7. The van der Waals surface area contributed by atoms with Crippen LogP contribution in [-0.4, -0.2) is 29.1 Å². The zero-order valence-corrected chi connectivity index (χ0v) is 14.5. The Kier molecular flexibility index (Phi) is 4.49. The van der Waals surface area contributed by atoms with Gasteiger partial charge in [0.25, 0.3) is 0 Å². The maximum absolute atomic E-state index is 13.4. The van der Waals surface area contributed by atoms with Gasteiger partial charge in [-0.05, 0) is 43.6 Å². The van der Waals surface area contributed by atoms with Crippen LogP contribution in [0.1, 0.15) is 36.9 Å². The molecule has 8 heteroatoms. The van der Waals surface area contributed by atoms with Gasteiger partial charge >= 0.3 is 12.1 Å². The van der Waals surface area contributed by atoms with Crippen molar-refractivity contribution in [1.82, 2.24) is 10.2 Å². The van der Waals surface area contributed by atoms with E-state index in [1.54, 1.807) is 11.8 Å². The average molecular weight is 370 g/mol. The van der Waals surface area contributed by atoms with Crippen LogP contribution < -0.4 is 5.32 Å². The molecule has 0 amide bonds. The molecule has 0 spiro atoms. The molecular weight excluding hydrogens is 353 g/mol. The van der Waals surface area contributed by atoms with Crippen LogP contribution in [0, 0.1) is 0 Å². The molecule has 1 aliphatic heterocycles. The molecule has 1 N–H and O–H groups in total. The van der Waals surface area contributed by atoms with Gasteiger partial charge in [-0.1, -0.05) is 18.2 Å². The van der Waals surface area contributed by atoms with Gasteiger partial charge in [-0.2, -0.15) is 13.2 Å². The fourth-order valence-corrected chi connectivity index (χ4v) is 3.55. The van der Waals surface area contributed by atoms with Crippen LogP contribution in [0.15, 0.2) is 35.5 Å². The lowest BCUT2D eigenvalue weighted by atomic mass is 9.91. The Bertz CT molecular complexity index is 757. The third kappa shape index (κ3) is 3.22. The van der Waals surface area contributed by atoms with Crippen molar-refractivity contribution in [3.05, 3.63) is 46.7 Å². The van der Waals surface area contributed by atoms with Gasteiger partial charge in [0, 0.05) is 11.7 Å². The molecule has 0 aromatic heterocycles. The Morgan fingerprint density at radius 2 is 1.96 bits per heavy atom. The average Bonchev–Trinajstić information content (AvgIpc) is 3.37. The summed E-state index contributed by atoms with van der Waals surface area (Å²) in [5.41, 5.74) is -0.156. The fourth-order valence-electron chi connectivity index (χ4n) is 3.14. The van der Waals surface area contributed by atoms with E-state index >= 15 is 0 Å². The summed E-state index contributed by atoms with van der Waals surface area (Å²) in [7, 11) is 1.21. The minimum absolute atomic E-state index is 0.0486. The van der Waals surface area contributed by atoms with Crippen LogP contribution in [0.3, 0.4) is 0 Å². The highest BCUT2D eigenvalue weighted by Crippen LogP contribution is 2.41. The first-order chi connectivity index (χ1) is 11.8. The molecule has 4 nitrogen and oxygen atoms in total. The van der Waals surface area contributed by atoms with Crippen LogP contribution in [0.2, 0.25) is 0 Å². The van der Waals surface area contributed by atoms with Gasteiger partial charge in [0.15, 0.2) is 5.11 Å². The van der Waals surface area contributed by atoms with E-state index in [9.17, 15) is 18.0 Å². The van der Waals surface area contributed by atoms with Crippen LogP contribution >= 0.6 is 12.2 Å². The van der Waals surface area contributed by atoms with Crippen molar-refractivity contribution >= 4 is 23.3 Å². The van der Waals surface area contributed by atoms with Gasteiger partial charge in [0.2, 0.25) is 0 Å². The molecule has 1 fully saturated rings. The summed E-state index contributed by atoms with van der Waals surface area (Å²) < 4.78 is 45.1. The molecule has 1 atom stereocenters. The van der Waals surface area contributed by atoms with Crippen molar-refractivity contribution in [3.8, 4) is 0 Å². The van der Waals surface area contributed by atoms with E-state index in [1.807, 2.05) is 0 Å². The molecule has 2 aliphatic rings. The quantitative estimate of drug-likeness (QED) is 0.651. The number of nitrogens with zero attached hydrogens (tertiary/aromatic N) is 1. The highest BCUT2D eigenvalue weighted by molar-refractivity contribution is 7.80. The van der Waals surface area contributed by atoms with Crippen molar-refractivity contribution in [2.75, 3.05) is 7.11 Å².